The summed E-state index contributed by atoms with van der Waals surface area (Å²) in [7, 11) is 0. The molecule has 48 valence electrons. The standard InChI is InChI=1S/C8H11N/c1-2-7-5-3-4-6-8(7)9/h2-3,5H,1,4,6,9H2. The fraction of sp³-hybridized carbons (Fsp3) is 0.250. The van der Waals surface area contributed by atoms with Crippen LogP contribution < -0.4 is 5.73 Å². The van der Waals surface area contributed by atoms with E-state index in [4.69, 9.17) is 5.73 Å². The molecule has 1 heteroatoms. The maximum absolute atomic E-state index is 5.65. The van der Waals surface area contributed by atoms with Crippen LogP contribution in [0.15, 0.2) is 36.1 Å². The summed E-state index contributed by atoms with van der Waals surface area (Å²) in [6.07, 6.45) is 7.99. The minimum atomic E-state index is 0.965. The van der Waals surface area contributed by atoms with Crippen molar-refractivity contribution in [1.29, 1.82) is 0 Å². The molecule has 0 radical (unpaired) electrons. The Morgan fingerprint density at radius 2 is 2.44 bits per heavy atom. The van der Waals surface area contributed by atoms with E-state index in [-0.39, 0.29) is 0 Å². The molecule has 0 saturated carbocycles. The maximum atomic E-state index is 5.65. The lowest BCUT2D eigenvalue weighted by atomic mass is 10.0. The van der Waals surface area contributed by atoms with E-state index in [1.807, 2.05) is 6.08 Å². The van der Waals surface area contributed by atoms with Gasteiger partial charge in [0.25, 0.3) is 0 Å². The Bertz CT molecular complexity index is 175. The average molecular weight is 121 g/mol. The van der Waals surface area contributed by atoms with Gasteiger partial charge in [0.1, 0.15) is 0 Å². The molecule has 1 rings (SSSR count). The van der Waals surface area contributed by atoms with Gasteiger partial charge in [-0.1, -0.05) is 24.8 Å². The van der Waals surface area contributed by atoms with Crippen molar-refractivity contribution < 1.29 is 0 Å². The Hall–Kier alpha value is -0.980. The third-order valence-corrected chi connectivity index (χ3v) is 1.47. The third-order valence-electron chi connectivity index (χ3n) is 1.47. The molecule has 0 aliphatic heterocycles. The minimum Gasteiger partial charge on any atom is -0.402 e. The zero-order chi connectivity index (χ0) is 6.69. The highest BCUT2D eigenvalue weighted by molar-refractivity contribution is 5.35. The SMILES string of the molecule is C=CC1=C(N)CCC=C1. The van der Waals surface area contributed by atoms with Crippen molar-refractivity contribution in [1.82, 2.24) is 0 Å². The van der Waals surface area contributed by atoms with Crippen LogP contribution in [-0.2, 0) is 0 Å². The van der Waals surface area contributed by atoms with Crippen LogP contribution in [0.3, 0.4) is 0 Å². The highest BCUT2D eigenvalue weighted by atomic mass is 14.6. The minimum absolute atomic E-state index is 0.965. The second kappa shape index (κ2) is 2.53. The molecule has 0 saturated heterocycles. The summed E-state index contributed by atoms with van der Waals surface area (Å²) in [4.78, 5) is 0. The summed E-state index contributed by atoms with van der Waals surface area (Å²) >= 11 is 0. The first-order valence-electron chi connectivity index (χ1n) is 3.12. The van der Waals surface area contributed by atoms with Gasteiger partial charge < -0.3 is 5.73 Å². The number of hydrogen-bond donors (Lipinski definition) is 1. The summed E-state index contributed by atoms with van der Waals surface area (Å²) < 4.78 is 0. The molecule has 9 heavy (non-hydrogen) atoms. The molecule has 0 aromatic rings. The molecule has 0 bridgehead atoms. The molecule has 1 nitrogen and oxygen atoms in total. The summed E-state index contributed by atoms with van der Waals surface area (Å²) in [6, 6.07) is 0. The fourth-order valence-corrected chi connectivity index (χ4v) is 0.900. The number of allylic oxidation sites excluding steroid dienone is 5. The Labute approximate surface area is 55.6 Å². The van der Waals surface area contributed by atoms with Crippen molar-refractivity contribution in [3.05, 3.63) is 36.1 Å². The van der Waals surface area contributed by atoms with Crippen LogP contribution in [-0.4, -0.2) is 0 Å². The van der Waals surface area contributed by atoms with Crippen LogP contribution in [0.5, 0.6) is 0 Å². The van der Waals surface area contributed by atoms with Crippen molar-refractivity contribution in [3.63, 3.8) is 0 Å². The largest absolute Gasteiger partial charge is 0.402 e. The van der Waals surface area contributed by atoms with Crippen molar-refractivity contribution in [2.24, 2.45) is 5.73 Å². The van der Waals surface area contributed by atoms with Gasteiger partial charge in [0.15, 0.2) is 0 Å². The highest BCUT2D eigenvalue weighted by Crippen LogP contribution is 2.14. The van der Waals surface area contributed by atoms with Gasteiger partial charge in [-0.05, 0) is 18.4 Å². The monoisotopic (exact) mass is 121 g/mol. The Balaban J connectivity index is 2.84. The van der Waals surface area contributed by atoms with Crippen molar-refractivity contribution >= 4 is 0 Å². The van der Waals surface area contributed by atoms with Crippen LogP contribution in [0.2, 0.25) is 0 Å². The van der Waals surface area contributed by atoms with Crippen LogP contribution >= 0.6 is 0 Å². The van der Waals surface area contributed by atoms with Gasteiger partial charge in [-0.3, -0.25) is 0 Å². The molecule has 1 aliphatic carbocycles. The fourth-order valence-electron chi connectivity index (χ4n) is 0.900. The van der Waals surface area contributed by atoms with Gasteiger partial charge in [0, 0.05) is 5.70 Å². The van der Waals surface area contributed by atoms with E-state index in [1.165, 1.54) is 0 Å². The highest BCUT2D eigenvalue weighted by Gasteiger charge is 1.99. The normalized spacial score (nSPS) is 18.2. The van der Waals surface area contributed by atoms with Gasteiger partial charge in [-0.2, -0.15) is 0 Å². The van der Waals surface area contributed by atoms with Crippen LogP contribution in [0, 0.1) is 0 Å². The molecule has 0 amide bonds. The van der Waals surface area contributed by atoms with Crippen LogP contribution in [0.1, 0.15) is 12.8 Å². The molecule has 1 aliphatic rings. The zero-order valence-electron chi connectivity index (χ0n) is 5.43. The second-order valence-electron chi connectivity index (χ2n) is 2.13. The van der Waals surface area contributed by atoms with E-state index in [2.05, 4.69) is 12.7 Å². The Morgan fingerprint density at radius 1 is 1.67 bits per heavy atom. The number of hydrogen-bond acceptors (Lipinski definition) is 1. The smallest absolute Gasteiger partial charge is 0.0157 e. The molecule has 0 aromatic carbocycles. The lowest BCUT2D eigenvalue weighted by molar-refractivity contribution is 0.931. The van der Waals surface area contributed by atoms with Crippen LogP contribution in [0.25, 0.3) is 0 Å². The Morgan fingerprint density at radius 3 is 2.89 bits per heavy atom. The zero-order valence-corrected chi connectivity index (χ0v) is 5.43. The average Bonchev–Trinajstić information content (AvgIpc) is 1.89. The molecule has 0 atom stereocenters. The van der Waals surface area contributed by atoms with E-state index < -0.39 is 0 Å². The van der Waals surface area contributed by atoms with Gasteiger partial charge in [-0.15, -0.1) is 0 Å². The Kier molecular flexibility index (Phi) is 1.73. The van der Waals surface area contributed by atoms with Crippen molar-refractivity contribution in [3.8, 4) is 0 Å². The molecule has 0 aromatic heterocycles. The topological polar surface area (TPSA) is 26.0 Å². The maximum Gasteiger partial charge on any atom is 0.0157 e. The third kappa shape index (κ3) is 1.22. The first kappa shape index (κ1) is 6.14. The predicted molar refractivity (Wildman–Crippen MR) is 39.8 cm³/mol. The first-order valence-corrected chi connectivity index (χ1v) is 3.12. The number of rotatable bonds is 1. The summed E-state index contributed by atoms with van der Waals surface area (Å²) in [5.41, 5.74) is 7.70. The summed E-state index contributed by atoms with van der Waals surface area (Å²) in [6.45, 7) is 3.65. The molecule has 0 fully saturated rings. The van der Waals surface area contributed by atoms with E-state index in [0.29, 0.717) is 0 Å². The predicted octanol–water partition coefficient (Wildman–Crippen LogP) is 1.74. The molecule has 0 unspecified atom stereocenters. The lowest BCUT2D eigenvalue weighted by Gasteiger charge is -2.06. The molecular weight excluding hydrogens is 110 g/mol. The van der Waals surface area contributed by atoms with Gasteiger partial charge in [-0.25, -0.2) is 0 Å². The van der Waals surface area contributed by atoms with Gasteiger partial charge in [0.2, 0.25) is 0 Å². The van der Waals surface area contributed by atoms with Crippen LogP contribution in [0.4, 0.5) is 0 Å². The van der Waals surface area contributed by atoms with Gasteiger partial charge in [0.05, 0.1) is 0 Å². The number of nitrogens with two attached hydrogens (primary N) is 1. The molecule has 2 N–H and O–H groups in total. The van der Waals surface area contributed by atoms with E-state index in [9.17, 15) is 0 Å². The first-order chi connectivity index (χ1) is 4.34. The van der Waals surface area contributed by atoms with E-state index >= 15 is 0 Å². The quantitative estimate of drug-likeness (QED) is 0.561. The molecular formula is C8H11N. The van der Waals surface area contributed by atoms with Crippen molar-refractivity contribution in [2.45, 2.75) is 12.8 Å². The molecule has 0 heterocycles. The second-order valence-corrected chi connectivity index (χ2v) is 2.13. The van der Waals surface area contributed by atoms with E-state index in [1.54, 1.807) is 6.08 Å². The van der Waals surface area contributed by atoms with E-state index in [0.717, 1.165) is 24.1 Å². The van der Waals surface area contributed by atoms with Gasteiger partial charge >= 0.3 is 0 Å². The molecule has 0 spiro atoms. The lowest BCUT2D eigenvalue weighted by Crippen LogP contribution is -2.02. The summed E-state index contributed by atoms with van der Waals surface area (Å²) in [5.74, 6) is 0. The summed E-state index contributed by atoms with van der Waals surface area (Å²) in [5, 5.41) is 0. The van der Waals surface area contributed by atoms with Crippen molar-refractivity contribution in [2.75, 3.05) is 0 Å².